The lowest BCUT2D eigenvalue weighted by Crippen LogP contribution is -2.17. The highest BCUT2D eigenvalue weighted by Crippen LogP contribution is 2.27. The van der Waals surface area contributed by atoms with Gasteiger partial charge in [-0.25, -0.2) is 0 Å². The van der Waals surface area contributed by atoms with Gasteiger partial charge >= 0.3 is 6.18 Å². The minimum absolute atomic E-state index is 0.606. The van der Waals surface area contributed by atoms with Crippen LogP contribution in [0.15, 0.2) is 36.9 Å². The fourth-order valence-corrected chi connectivity index (χ4v) is 1.95. The average Bonchev–Trinajstić information content (AvgIpc) is 2.92. The van der Waals surface area contributed by atoms with Crippen molar-refractivity contribution >= 4 is 11.0 Å². The van der Waals surface area contributed by atoms with E-state index in [1.165, 1.54) is 12.4 Å². The zero-order valence-electron chi connectivity index (χ0n) is 9.65. The zero-order valence-corrected chi connectivity index (χ0v) is 9.65. The molecule has 0 amide bonds. The number of aromatic nitrogens is 4. The predicted octanol–water partition coefficient (Wildman–Crippen LogP) is 2.99. The second-order valence-electron chi connectivity index (χ2n) is 4.14. The molecule has 0 aliphatic carbocycles. The molecule has 3 aromatic heterocycles. The summed E-state index contributed by atoms with van der Waals surface area (Å²) in [4.78, 5) is 7.23. The van der Waals surface area contributed by atoms with E-state index in [0.29, 0.717) is 11.1 Å². The van der Waals surface area contributed by atoms with Crippen LogP contribution in [0.3, 0.4) is 0 Å². The lowest BCUT2D eigenvalue weighted by Gasteiger charge is -2.04. The Kier molecular flexibility index (Phi) is 2.55. The van der Waals surface area contributed by atoms with Gasteiger partial charge in [-0.1, -0.05) is 0 Å². The fourth-order valence-electron chi connectivity index (χ4n) is 1.95. The Morgan fingerprint density at radius 1 is 1.32 bits per heavy atom. The van der Waals surface area contributed by atoms with E-state index in [1.807, 2.05) is 6.07 Å². The number of alkyl halides is 3. The van der Waals surface area contributed by atoms with Crippen LogP contribution < -0.4 is 0 Å². The number of H-pyrrole nitrogens is 1. The number of hydrogen-bond acceptors (Lipinski definition) is 2. The molecular weight excluding hydrogens is 257 g/mol. The molecule has 0 atom stereocenters. The van der Waals surface area contributed by atoms with Gasteiger partial charge in [0.2, 0.25) is 0 Å². The van der Waals surface area contributed by atoms with Gasteiger partial charge in [-0.05, 0) is 12.1 Å². The smallest absolute Gasteiger partial charge is 0.359 e. The van der Waals surface area contributed by atoms with E-state index in [0.717, 1.165) is 15.8 Å². The Morgan fingerprint density at radius 3 is 2.95 bits per heavy atom. The fraction of sp³-hybridized carbons (Fsp3) is 0.167. The summed E-state index contributed by atoms with van der Waals surface area (Å²) in [5, 5.41) is 3.72. The molecule has 0 radical (unpaired) electrons. The first kappa shape index (κ1) is 11.8. The van der Waals surface area contributed by atoms with Crippen molar-refractivity contribution in [1.82, 2.24) is 19.7 Å². The first-order valence-electron chi connectivity index (χ1n) is 5.54. The minimum atomic E-state index is -4.28. The molecule has 0 aliphatic heterocycles. The van der Waals surface area contributed by atoms with Gasteiger partial charge in [0.1, 0.15) is 6.54 Å². The maximum atomic E-state index is 12.3. The van der Waals surface area contributed by atoms with Crippen LogP contribution in [0.1, 0.15) is 0 Å². The Labute approximate surface area is 105 Å². The highest BCUT2D eigenvalue weighted by molar-refractivity contribution is 5.91. The van der Waals surface area contributed by atoms with E-state index in [2.05, 4.69) is 15.1 Å². The van der Waals surface area contributed by atoms with Crippen molar-refractivity contribution in [2.24, 2.45) is 0 Å². The number of hydrogen-bond donors (Lipinski definition) is 1. The van der Waals surface area contributed by atoms with Gasteiger partial charge in [0, 0.05) is 29.7 Å². The molecule has 3 rings (SSSR count). The lowest BCUT2D eigenvalue weighted by atomic mass is 10.1. The van der Waals surface area contributed by atoms with Gasteiger partial charge in [0.05, 0.1) is 17.2 Å². The highest BCUT2D eigenvalue weighted by Gasteiger charge is 2.28. The molecule has 3 heterocycles. The van der Waals surface area contributed by atoms with Crippen LogP contribution >= 0.6 is 0 Å². The average molecular weight is 266 g/mol. The first-order valence-corrected chi connectivity index (χ1v) is 5.54. The molecule has 0 saturated carbocycles. The molecule has 4 nitrogen and oxygen atoms in total. The van der Waals surface area contributed by atoms with Gasteiger partial charge in [-0.2, -0.15) is 18.3 Å². The molecule has 0 aromatic carbocycles. The molecule has 1 N–H and O–H groups in total. The molecule has 7 heteroatoms. The standard InChI is InChI=1S/C12H9F3N4/c13-12(14,15)7-19-6-8(4-18-19)9-5-17-10-2-1-3-16-11(9)10/h1-6,17H,7H2. The van der Waals surface area contributed by atoms with E-state index in [1.54, 1.807) is 18.5 Å². The molecule has 0 unspecified atom stereocenters. The van der Waals surface area contributed by atoms with Crippen LogP contribution in [0.4, 0.5) is 13.2 Å². The topological polar surface area (TPSA) is 46.5 Å². The third-order valence-corrected chi connectivity index (χ3v) is 2.72. The normalized spacial score (nSPS) is 12.2. The van der Waals surface area contributed by atoms with Crippen molar-refractivity contribution in [3.05, 3.63) is 36.9 Å². The molecule has 0 aliphatic rings. The van der Waals surface area contributed by atoms with E-state index < -0.39 is 12.7 Å². The van der Waals surface area contributed by atoms with Crippen LogP contribution in [0.5, 0.6) is 0 Å². The number of pyridine rings is 1. The maximum absolute atomic E-state index is 12.3. The van der Waals surface area contributed by atoms with Gasteiger partial charge < -0.3 is 4.98 Å². The van der Waals surface area contributed by atoms with E-state index in [4.69, 9.17) is 0 Å². The molecule has 0 saturated heterocycles. The number of fused-ring (bicyclic) bond motifs is 1. The van der Waals surface area contributed by atoms with Gasteiger partial charge in [0.25, 0.3) is 0 Å². The van der Waals surface area contributed by atoms with Crippen molar-refractivity contribution < 1.29 is 13.2 Å². The largest absolute Gasteiger partial charge is 0.408 e. The molecule has 3 aromatic rings. The summed E-state index contributed by atoms with van der Waals surface area (Å²) in [6.45, 7) is -1.09. The second-order valence-corrected chi connectivity index (χ2v) is 4.14. The molecule has 0 bridgehead atoms. The Balaban J connectivity index is 1.99. The maximum Gasteiger partial charge on any atom is 0.408 e. The van der Waals surface area contributed by atoms with Crippen LogP contribution in [0, 0.1) is 0 Å². The molecule has 19 heavy (non-hydrogen) atoms. The molecule has 98 valence electrons. The number of rotatable bonds is 2. The summed E-state index contributed by atoms with van der Waals surface area (Å²) in [6, 6.07) is 3.64. The summed E-state index contributed by atoms with van der Waals surface area (Å²) < 4.78 is 37.7. The Morgan fingerprint density at radius 2 is 2.16 bits per heavy atom. The van der Waals surface area contributed by atoms with Crippen molar-refractivity contribution in [3.63, 3.8) is 0 Å². The molecule has 0 spiro atoms. The summed E-state index contributed by atoms with van der Waals surface area (Å²) in [5.74, 6) is 0. The summed E-state index contributed by atoms with van der Waals surface area (Å²) in [6.07, 6.45) is 1.85. The first-order chi connectivity index (χ1) is 9.03. The molecule has 0 fully saturated rings. The van der Waals surface area contributed by atoms with Gasteiger partial charge in [-0.3, -0.25) is 9.67 Å². The zero-order chi connectivity index (χ0) is 13.5. The van der Waals surface area contributed by atoms with Crippen LogP contribution in [0.25, 0.3) is 22.2 Å². The number of halogens is 3. The number of nitrogens with one attached hydrogen (secondary N) is 1. The monoisotopic (exact) mass is 266 g/mol. The highest BCUT2D eigenvalue weighted by atomic mass is 19.4. The quantitative estimate of drug-likeness (QED) is 0.775. The number of aromatic amines is 1. The van der Waals surface area contributed by atoms with Crippen LogP contribution in [-0.2, 0) is 6.54 Å². The van der Waals surface area contributed by atoms with E-state index in [-0.39, 0.29) is 0 Å². The summed E-state index contributed by atoms with van der Waals surface area (Å²) >= 11 is 0. The van der Waals surface area contributed by atoms with Gasteiger partial charge in [0.15, 0.2) is 0 Å². The lowest BCUT2D eigenvalue weighted by molar-refractivity contribution is -0.142. The Bertz CT molecular complexity index is 711. The third kappa shape index (κ3) is 2.31. The van der Waals surface area contributed by atoms with Crippen molar-refractivity contribution in [1.29, 1.82) is 0 Å². The predicted molar refractivity (Wildman–Crippen MR) is 63.4 cm³/mol. The van der Waals surface area contributed by atoms with Crippen molar-refractivity contribution in [2.75, 3.05) is 0 Å². The minimum Gasteiger partial charge on any atom is -0.359 e. The second kappa shape index (κ2) is 4.11. The third-order valence-electron chi connectivity index (χ3n) is 2.72. The molecular formula is C12H9F3N4. The van der Waals surface area contributed by atoms with Crippen LogP contribution in [-0.4, -0.2) is 25.9 Å². The van der Waals surface area contributed by atoms with Crippen LogP contribution in [0.2, 0.25) is 0 Å². The van der Waals surface area contributed by atoms with Crippen molar-refractivity contribution in [3.8, 4) is 11.1 Å². The van der Waals surface area contributed by atoms with Gasteiger partial charge in [-0.15, -0.1) is 0 Å². The SMILES string of the molecule is FC(F)(F)Cn1cc(-c2c[nH]c3cccnc23)cn1. The summed E-state index contributed by atoms with van der Waals surface area (Å²) in [5.41, 5.74) is 2.90. The van der Waals surface area contributed by atoms with E-state index in [9.17, 15) is 13.2 Å². The summed E-state index contributed by atoms with van der Waals surface area (Å²) in [7, 11) is 0. The Hall–Kier alpha value is -2.31. The number of nitrogens with zero attached hydrogens (tertiary/aromatic N) is 3. The van der Waals surface area contributed by atoms with E-state index >= 15 is 0 Å². The van der Waals surface area contributed by atoms with Crippen molar-refractivity contribution in [2.45, 2.75) is 12.7 Å².